The van der Waals surface area contributed by atoms with Crippen LogP contribution in [-0.2, 0) is 13.6 Å². The highest BCUT2D eigenvalue weighted by molar-refractivity contribution is 6.74. The molecule has 0 bridgehead atoms. The van der Waals surface area contributed by atoms with Crippen molar-refractivity contribution in [3.63, 3.8) is 0 Å². The van der Waals surface area contributed by atoms with E-state index in [0.717, 1.165) is 56.9 Å². The molecule has 6 atom stereocenters. The lowest BCUT2D eigenvalue weighted by Gasteiger charge is -2.47. The molecule has 0 aromatic rings. The molecule has 1 N–H and O–H groups in total. The fourth-order valence-corrected chi connectivity index (χ4v) is 12.2. The Bertz CT molecular complexity index is 1380. The second-order valence-corrected chi connectivity index (χ2v) is 31.0. The summed E-state index contributed by atoms with van der Waals surface area (Å²) in [7, 11) is -3.98. The summed E-state index contributed by atoms with van der Waals surface area (Å²) < 4.78 is 14.2. The number of carbonyl (C=O) groups excluding carboxylic acids is 1. The number of carbonyl (C=O) groups is 1. The Kier molecular flexibility index (Phi) is 13.3. The van der Waals surface area contributed by atoms with Crippen LogP contribution >= 0.6 is 0 Å². The summed E-state index contributed by atoms with van der Waals surface area (Å²) >= 11 is 0. The second-order valence-electron chi connectivity index (χ2n) is 21.5. The summed E-state index contributed by atoms with van der Waals surface area (Å²) in [5.41, 5.74) is 3.68. The van der Waals surface area contributed by atoms with Crippen LogP contribution in [0.5, 0.6) is 0 Å². The summed E-state index contributed by atoms with van der Waals surface area (Å²) in [5, 5.41) is 11.6. The predicted octanol–water partition coefficient (Wildman–Crippen LogP) is 13.1. The Morgan fingerprint density at radius 1 is 0.942 bits per heavy atom. The van der Waals surface area contributed by atoms with Crippen LogP contribution < -0.4 is 0 Å². The Morgan fingerprint density at radius 3 is 2.13 bits per heavy atom. The van der Waals surface area contributed by atoms with E-state index in [-0.39, 0.29) is 38.9 Å². The maximum absolute atomic E-state index is 13.1. The largest absolute Gasteiger partial charge is 0.413 e. The van der Waals surface area contributed by atoms with Crippen LogP contribution in [0, 0.1) is 28.1 Å². The van der Waals surface area contributed by atoms with Crippen LogP contribution in [0.25, 0.3) is 0 Å². The topological polar surface area (TPSA) is 55.8 Å². The minimum Gasteiger partial charge on any atom is -0.413 e. The molecule has 0 spiro atoms. The first-order valence-electron chi connectivity index (χ1n) is 21.2. The summed E-state index contributed by atoms with van der Waals surface area (Å²) in [6, 6.07) is 0. The SMILES string of the molecule is C=C1/C(=C\C=C2/CCC[C@]3(C)[C@@H](C(C)(C)/C=C/[C@H](O)C4(C(=O)CCCCC)CC4)CC[C@@H]23)C[C@@H](O[Si](C)(C)C(C)(C)C)C[C@@H]1O[Si](C)(C)C(C)(C)C. The van der Waals surface area contributed by atoms with Crippen molar-refractivity contribution < 1.29 is 18.8 Å². The number of aliphatic hydroxyl groups excluding tert-OH is 1. The standard InChI is InChI=1S/C46H80O4Si2/c1-16-17-18-21-40(47)46(29-30-46)41(48)26-28-44(9,10)39-25-24-37-34(20-19-27-45(37,39)11)22-23-35-31-36(49-51(12,13)42(3,4)5)32-38(33(35)2)50-52(14,15)43(6,7)8/h22-23,26,28,36-39,41,48H,2,16-21,24-25,27,29-32H2,1,3-15H3/b28-26+,34-22+,35-23-/t36-,37+,38+,39-,41+,45+/m1/s1. The van der Waals surface area contributed by atoms with Gasteiger partial charge in [0.2, 0.25) is 0 Å². The highest BCUT2D eigenvalue weighted by atomic mass is 28.4. The molecule has 0 aliphatic heterocycles. The van der Waals surface area contributed by atoms with Crippen molar-refractivity contribution >= 4 is 22.4 Å². The molecule has 4 fully saturated rings. The highest BCUT2D eigenvalue weighted by Gasteiger charge is 2.55. The molecule has 0 radical (unpaired) electrons. The molecule has 6 heteroatoms. The van der Waals surface area contributed by atoms with Crippen molar-refractivity contribution in [2.75, 3.05) is 0 Å². The summed E-state index contributed by atoms with van der Waals surface area (Å²) in [6.07, 6.45) is 21.9. The van der Waals surface area contributed by atoms with Gasteiger partial charge in [-0.25, -0.2) is 0 Å². The van der Waals surface area contributed by atoms with Gasteiger partial charge in [-0.05, 0) is 128 Å². The van der Waals surface area contributed by atoms with Gasteiger partial charge in [-0.3, -0.25) is 4.79 Å². The number of fused-ring (bicyclic) bond motifs is 1. The Morgan fingerprint density at radius 2 is 1.56 bits per heavy atom. The highest BCUT2D eigenvalue weighted by Crippen LogP contribution is 2.62. The van der Waals surface area contributed by atoms with E-state index in [0.29, 0.717) is 18.3 Å². The fourth-order valence-electron chi connectivity index (χ4n) is 9.53. The molecule has 0 heterocycles. The van der Waals surface area contributed by atoms with Crippen LogP contribution in [-0.4, -0.2) is 45.8 Å². The first-order chi connectivity index (χ1) is 23.8. The van der Waals surface area contributed by atoms with Crippen LogP contribution in [0.3, 0.4) is 0 Å². The van der Waals surface area contributed by atoms with E-state index < -0.39 is 28.2 Å². The quantitative estimate of drug-likeness (QED) is 0.109. The van der Waals surface area contributed by atoms with Gasteiger partial charge < -0.3 is 14.0 Å². The maximum atomic E-state index is 13.1. The molecule has 0 aromatic carbocycles. The van der Waals surface area contributed by atoms with E-state index in [1.165, 1.54) is 31.3 Å². The first-order valence-corrected chi connectivity index (χ1v) is 27.0. The molecule has 52 heavy (non-hydrogen) atoms. The second kappa shape index (κ2) is 15.8. The molecule has 4 aliphatic rings. The number of unbranched alkanes of at least 4 members (excludes halogenated alkanes) is 2. The predicted molar refractivity (Wildman–Crippen MR) is 227 cm³/mol. The van der Waals surface area contributed by atoms with E-state index in [9.17, 15) is 9.90 Å². The monoisotopic (exact) mass is 753 g/mol. The third-order valence-electron chi connectivity index (χ3n) is 15.2. The zero-order chi connectivity index (χ0) is 39.1. The van der Waals surface area contributed by atoms with E-state index in [1.807, 2.05) is 6.08 Å². The molecule has 4 saturated carbocycles. The summed E-state index contributed by atoms with van der Waals surface area (Å²) in [5.74, 6) is 1.36. The van der Waals surface area contributed by atoms with Crippen LogP contribution in [0.15, 0.2) is 47.6 Å². The number of Topliss-reactive ketones (excluding diaryl/α,β-unsaturated/α-hetero) is 1. The Balaban J connectivity index is 1.56. The van der Waals surface area contributed by atoms with Crippen molar-refractivity contribution in [3.8, 4) is 0 Å². The average molecular weight is 753 g/mol. The first kappa shape index (κ1) is 43.7. The van der Waals surface area contributed by atoms with E-state index in [2.05, 4.69) is 114 Å². The molecule has 0 amide bonds. The van der Waals surface area contributed by atoms with Crippen molar-refractivity contribution in [1.82, 2.24) is 0 Å². The van der Waals surface area contributed by atoms with Gasteiger partial charge in [0, 0.05) is 12.8 Å². The lowest BCUT2D eigenvalue weighted by Crippen LogP contribution is -2.49. The van der Waals surface area contributed by atoms with Gasteiger partial charge in [0.15, 0.2) is 16.6 Å². The van der Waals surface area contributed by atoms with Gasteiger partial charge in [0.25, 0.3) is 0 Å². The van der Waals surface area contributed by atoms with Gasteiger partial charge >= 0.3 is 0 Å². The normalized spacial score (nSPS) is 31.0. The van der Waals surface area contributed by atoms with Crippen molar-refractivity contribution in [3.05, 3.63) is 47.6 Å². The Hall–Kier alpha value is -1.06. The Labute approximate surface area is 323 Å². The van der Waals surface area contributed by atoms with E-state index in [4.69, 9.17) is 15.4 Å². The number of allylic oxidation sites excluding steroid dienone is 4. The number of hydrogen-bond donors (Lipinski definition) is 1. The molecular formula is C46H80O4Si2. The third-order valence-corrected chi connectivity index (χ3v) is 24.2. The molecule has 4 rings (SSSR count). The zero-order valence-corrected chi connectivity index (χ0v) is 38.3. The van der Waals surface area contributed by atoms with E-state index >= 15 is 0 Å². The molecule has 0 unspecified atom stereocenters. The van der Waals surface area contributed by atoms with Crippen LogP contribution in [0.2, 0.25) is 36.3 Å². The lowest BCUT2D eigenvalue weighted by molar-refractivity contribution is -0.127. The van der Waals surface area contributed by atoms with Gasteiger partial charge in [0.05, 0.1) is 23.7 Å². The fraction of sp³-hybridized carbons (Fsp3) is 0.804. The van der Waals surface area contributed by atoms with Gasteiger partial charge in [-0.15, -0.1) is 0 Å². The molecule has 296 valence electrons. The van der Waals surface area contributed by atoms with Crippen LogP contribution in [0.4, 0.5) is 0 Å². The summed E-state index contributed by atoms with van der Waals surface area (Å²) in [4.78, 5) is 13.1. The molecule has 0 saturated heterocycles. The smallest absolute Gasteiger partial charge is 0.192 e. The molecule has 4 nitrogen and oxygen atoms in total. The van der Waals surface area contributed by atoms with Gasteiger partial charge in [-0.2, -0.15) is 0 Å². The number of hydrogen-bond acceptors (Lipinski definition) is 4. The van der Waals surface area contributed by atoms with Gasteiger partial charge in [0.1, 0.15) is 5.78 Å². The van der Waals surface area contributed by atoms with Crippen molar-refractivity contribution in [2.45, 2.75) is 207 Å². The lowest BCUT2D eigenvalue weighted by atomic mass is 9.57. The van der Waals surface area contributed by atoms with Crippen molar-refractivity contribution in [2.24, 2.45) is 28.1 Å². The average Bonchev–Trinajstić information content (AvgIpc) is 3.75. The minimum absolute atomic E-state index is 0.00843. The van der Waals surface area contributed by atoms with E-state index in [1.54, 1.807) is 5.57 Å². The maximum Gasteiger partial charge on any atom is 0.192 e. The third kappa shape index (κ3) is 9.31. The minimum atomic E-state index is -2.02. The zero-order valence-electron chi connectivity index (χ0n) is 36.3. The summed E-state index contributed by atoms with van der Waals surface area (Å²) in [6.45, 7) is 37.6. The number of ketones is 1. The molecule has 4 aliphatic carbocycles. The molecular weight excluding hydrogens is 673 g/mol. The van der Waals surface area contributed by atoms with Gasteiger partial charge in [-0.1, -0.05) is 119 Å². The number of aliphatic hydroxyl groups is 1. The van der Waals surface area contributed by atoms with Crippen LogP contribution in [0.1, 0.15) is 153 Å². The van der Waals surface area contributed by atoms with Crippen molar-refractivity contribution in [1.29, 1.82) is 0 Å². The number of rotatable bonds is 14. The molecule has 0 aromatic heterocycles.